The molecule has 0 amide bonds. The first-order valence-electron chi connectivity index (χ1n) is 10.7. The largest absolute Gasteiger partial charge is 0.494 e. The second-order valence-electron chi connectivity index (χ2n) is 7.84. The second kappa shape index (κ2) is 8.26. The highest BCUT2D eigenvalue weighted by molar-refractivity contribution is 6.11. The highest BCUT2D eigenvalue weighted by Crippen LogP contribution is 2.39. The van der Waals surface area contributed by atoms with E-state index < -0.39 is 0 Å². The van der Waals surface area contributed by atoms with E-state index in [-0.39, 0.29) is 0 Å². The Bertz CT molecular complexity index is 888. The number of rotatable bonds is 7. The molecule has 0 spiro atoms. The van der Waals surface area contributed by atoms with Gasteiger partial charge in [-0.3, -0.25) is 0 Å². The van der Waals surface area contributed by atoms with Crippen LogP contribution in [0.15, 0.2) is 46.9 Å². The lowest BCUT2D eigenvalue weighted by atomic mass is 9.87. The fourth-order valence-electron chi connectivity index (χ4n) is 4.57. The number of aliphatic imine (C=N–C) groups is 1. The molecule has 148 valence electrons. The summed E-state index contributed by atoms with van der Waals surface area (Å²) in [5.74, 6) is 1.33. The molecule has 4 heteroatoms. The minimum absolute atomic E-state index is 0.463. The van der Waals surface area contributed by atoms with Crippen LogP contribution in [0.5, 0.6) is 0 Å². The predicted molar refractivity (Wildman–Crippen MR) is 115 cm³/mol. The van der Waals surface area contributed by atoms with Gasteiger partial charge in [-0.05, 0) is 68.2 Å². The molecule has 0 saturated carbocycles. The summed E-state index contributed by atoms with van der Waals surface area (Å²) in [6, 6.07) is 6.44. The summed E-state index contributed by atoms with van der Waals surface area (Å²) in [7, 11) is 1.75. The Labute approximate surface area is 167 Å². The van der Waals surface area contributed by atoms with Crippen molar-refractivity contribution in [3.05, 3.63) is 64.6 Å². The Morgan fingerprint density at radius 2 is 2.11 bits per heavy atom. The fourth-order valence-corrected chi connectivity index (χ4v) is 4.57. The normalized spacial score (nSPS) is 19.1. The van der Waals surface area contributed by atoms with Crippen LogP contribution >= 0.6 is 0 Å². The van der Waals surface area contributed by atoms with Gasteiger partial charge in [-0.1, -0.05) is 20.3 Å². The van der Waals surface area contributed by atoms with Crippen LogP contribution in [0.25, 0.3) is 5.57 Å². The van der Waals surface area contributed by atoms with E-state index in [1.165, 1.54) is 41.8 Å². The van der Waals surface area contributed by atoms with Crippen molar-refractivity contribution in [2.24, 2.45) is 10.9 Å². The predicted octanol–water partition coefficient (Wildman–Crippen LogP) is 5.79. The third-order valence-corrected chi connectivity index (χ3v) is 6.03. The van der Waals surface area contributed by atoms with Crippen LogP contribution in [-0.4, -0.2) is 22.8 Å². The van der Waals surface area contributed by atoms with Crippen molar-refractivity contribution >= 4 is 11.3 Å². The Hall–Kier alpha value is -2.49. The lowest BCUT2D eigenvalue weighted by molar-refractivity contribution is 0.302. The van der Waals surface area contributed by atoms with E-state index in [1.807, 2.05) is 12.3 Å². The van der Waals surface area contributed by atoms with E-state index in [0.717, 1.165) is 48.5 Å². The summed E-state index contributed by atoms with van der Waals surface area (Å²) in [5.41, 5.74) is 8.41. The summed E-state index contributed by atoms with van der Waals surface area (Å²) in [6.07, 6.45) is 12.3. The van der Waals surface area contributed by atoms with Gasteiger partial charge in [-0.2, -0.15) is 0 Å². The van der Waals surface area contributed by atoms with Crippen molar-refractivity contribution in [1.29, 1.82) is 0 Å². The standard InChI is InChI=1S/C24H31N3O/c1-4-9-16(5-2)23(21-14-17-10-6-7-11-18(17)26-21)24-22(28-3)15-20(27-24)19-12-8-13-25-19/h8,12-16,25-26H,4-7,9-11H2,1-3H3/b24-23+. The molecule has 28 heavy (non-hydrogen) atoms. The average molecular weight is 378 g/mol. The van der Waals surface area contributed by atoms with Crippen molar-refractivity contribution in [2.75, 3.05) is 7.11 Å². The lowest BCUT2D eigenvalue weighted by Crippen LogP contribution is -2.07. The maximum Gasteiger partial charge on any atom is 0.147 e. The van der Waals surface area contributed by atoms with Crippen LogP contribution in [0.4, 0.5) is 0 Å². The Balaban J connectivity index is 1.86. The number of hydrogen-bond donors (Lipinski definition) is 2. The van der Waals surface area contributed by atoms with Gasteiger partial charge >= 0.3 is 0 Å². The summed E-state index contributed by atoms with van der Waals surface area (Å²) < 4.78 is 5.79. The van der Waals surface area contributed by atoms with Gasteiger partial charge in [0.1, 0.15) is 11.5 Å². The van der Waals surface area contributed by atoms with Gasteiger partial charge in [0, 0.05) is 29.2 Å². The first-order valence-corrected chi connectivity index (χ1v) is 10.7. The number of ether oxygens (including phenoxy) is 1. The van der Waals surface area contributed by atoms with Gasteiger partial charge in [-0.25, -0.2) is 4.99 Å². The number of H-pyrrole nitrogens is 2. The van der Waals surface area contributed by atoms with Gasteiger partial charge in [0.05, 0.1) is 18.5 Å². The van der Waals surface area contributed by atoms with Crippen molar-refractivity contribution in [1.82, 2.24) is 9.97 Å². The molecule has 3 heterocycles. The highest BCUT2D eigenvalue weighted by Gasteiger charge is 2.27. The summed E-state index contributed by atoms with van der Waals surface area (Å²) in [4.78, 5) is 12.1. The maximum absolute atomic E-state index is 5.79. The van der Waals surface area contributed by atoms with Crippen molar-refractivity contribution in [2.45, 2.75) is 58.8 Å². The molecule has 0 aromatic carbocycles. The molecule has 1 unspecified atom stereocenters. The van der Waals surface area contributed by atoms with Gasteiger partial charge in [-0.15, -0.1) is 0 Å². The SMILES string of the molecule is CCCC(CC)/C(=C1\N=C(c2ccc[nH]2)C=C1OC)c1cc2c([nH]1)CCCC2. The number of aryl methyl sites for hydroxylation is 2. The van der Waals surface area contributed by atoms with Crippen LogP contribution in [-0.2, 0) is 17.6 Å². The molecule has 1 aliphatic carbocycles. The molecule has 2 N–H and O–H groups in total. The van der Waals surface area contributed by atoms with Gasteiger partial charge in [0.2, 0.25) is 0 Å². The van der Waals surface area contributed by atoms with Gasteiger partial charge < -0.3 is 14.7 Å². The molecular weight excluding hydrogens is 346 g/mol. The van der Waals surface area contributed by atoms with Crippen LogP contribution in [0.1, 0.15) is 68.6 Å². The maximum atomic E-state index is 5.79. The Morgan fingerprint density at radius 1 is 1.25 bits per heavy atom. The average Bonchev–Trinajstić information content (AvgIpc) is 3.45. The summed E-state index contributed by atoms with van der Waals surface area (Å²) in [5, 5.41) is 0. The molecule has 1 atom stereocenters. The fraction of sp³-hybridized carbons (Fsp3) is 0.458. The second-order valence-corrected chi connectivity index (χ2v) is 7.84. The third-order valence-electron chi connectivity index (χ3n) is 6.03. The van der Waals surface area contributed by atoms with E-state index in [4.69, 9.17) is 9.73 Å². The van der Waals surface area contributed by atoms with Crippen molar-refractivity contribution in [3.8, 4) is 0 Å². The topological polar surface area (TPSA) is 53.2 Å². The molecular formula is C24H31N3O. The number of fused-ring (bicyclic) bond motifs is 1. The summed E-state index contributed by atoms with van der Waals surface area (Å²) in [6.45, 7) is 4.55. The van der Waals surface area contributed by atoms with E-state index in [0.29, 0.717) is 5.92 Å². The lowest BCUT2D eigenvalue weighted by Gasteiger charge is -2.20. The molecule has 4 rings (SSSR count). The molecule has 2 aromatic rings. The van der Waals surface area contributed by atoms with E-state index in [2.05, 4.69) is 42.0 Å². The van der Waals surface area contributed by atoms with Crippen molar-refractivity contribution < 1.29 is 4.74 Å². The first-order chi connectivity index (χ1) is 13.7. The number of nitrogens with one attached hydrogen (secondary N) is 2. The molecule has 1 aliphatic heterocycles. The number of nitrogens with zero attached hydrogens (tertiary/aromatic N) is 1. The zero-order valence-corrected chi connectivity index (χ0v) is 17.3. The number of aromatic amines is 2. The van der Waals surface area contributed by atoms with E-state index >= 15 is 0 Å². The van der Waals surface area contributed by atoms with E-state index in [1.54, 1.807) is 7.11 Å². The highest BCUT2D eigenvalue weighted by atomic mass is 16.5. The van der Waals surface area contributed by atoms with Gasteiger partial charge in [0.25, 0.3) is 0 Å². The number of hydrogen-bond acceptors (Lipinski definition) is 2. The monoisotopic (exact) mass is 377 g/mol. The molecule has 4 nitrogen and oxygen atoms in total. The molecule has 0 saturated heterocycles. The number of aromatic nitrogens is 2. The molecule has 2 aromatic heterocycles. The Kier molecular flexibility index (Phi) is 5.56. The quantitative estimate of drug-likeness (QED) is 0.630. The minimum Gasteiger partial charge on any atom is -0.494 e. The molecule has 0 bridgehead atoms. The van der Waals surface area contributed by atoms with Crippen molar-refractivity contribution in [3.63, 3.8) is 0 Å². The molecule has 0 fully saturated rings. The smallest absolute Gasteiger partial charge is 0.147 e. The van der Waals surface area contributed by atoms with Gasteiger partial charge in [0.15, 0.2) is 0 Å². The van der Waals surface area contributed by atoms with Crippen LogP contribution < -0.4 is 0 Å². The Morgan fingerprint density at radius 3 is 2.79 bits per heavy atom. The molecule has 2 aliphatic rings. The zero-order valence-electron chi connectivity index (χ0n) is 17.3. The minimum atomic E-state index is 0.463. The van der Waals surface area contributed by atoms with Crippen LogP contribution in [0.3, 0.4) is 0 Å². The first kappa shape index (κ1) is 18.9. The summed E-state index contributed by atoms with van der Waals surface area (Å²) >= 11 is 0. The number of allylic oxidation sites excluding steroid dienone is 2. The van der Waals surface area contributed by atoms with E-state index in [9.17, 15) is 0 Å². The van der Waals surface area contributed by atoms with Crippen LogP contribution in [0.2, 0.25) is 0 Å². The van der Waals surface area contributed by atoms with Crippen LogP contribution in [0, 0.1) is 5.92 Å². The third kappa shape index (κ3) is 3.48. The zero-order chi connectivity index (χ0) is 19.5. The number of methoxy groups -OCH3 is 1. The molecule has 0 radical (unpaired) electrons.